The molecule has 0 bridgehead atoms. The molecular weight excluding hydrogens is 234 g/mol. The summed E-state index contributed by atoms with van der Waals surface area (Å²) in [5, 5.41) is 18.2. The zero-order valence-electron chi connectivity index (χ0n) is 10.5. The Hall–Kier alpha value is -1.10. The fourth-order valence-electron chi connectivity index (χ4n) is 3.29. The van der Waals surface area contributed by atoms with E-state index < -0.39 is 23.8 Å². The van der Waals surface area contributed by atoms with E-state index in [1.54, 1.807) is 0 Å². The predicted octanol–water partition coefficient (Wildman–Crippen LogP) is 1.28. The second kappa shape index (κ2) is 5.69. The Morgan fingerprint density at radius 3 is 2.17 bits per heavy atom. The van der Waals surface area contributed by atoms with Crippen LogP contribution in [0.1, 0.15) is 32.1 Å². The first-order valence-corrected chi connectivity index (χ1v) is 6.76. The van der Waals surface area contributed by atoms with Crippen LogP contribution in [0.15, 0.2) is 0 Å². The van der Waals surface area contributed by atoms with Gasteiger partial charge in [-0.15, -0.1) is 0 Å². The average Bonchev–Trinajstić information content (AvgIpc) is 2.81. The first-order valence-electron chi connectivity index (χ1n) is 6.76. The van der Waals surface area contributed by atoms with Crippen molar-refractivity contribution in [2.24, 2.45) is 17.8 Å². The van der Waals surface area contributed by atoms with E-state index in [1.165, 1.54) is 25.7 Å². The lowest BCUT2D eigenvalue weighted by Crippen LogP contribution is -2.47. The fourth-order valence-corrected chi connectivity index (χ4v) is 3.29. The number of carbonyl (C=O) groups is 2. The van der Waals surface area contributed by atoms with E-state index >= 15 is 0 Å². The van der Waals surface area contributed by atoms with Gasteiger partial charge in [-0.3, -0.25) is 9.59 Å². The van der Waals surface area contributed by atoms with Gasteiger partial charge in [-0.1, -0.05) is 12.8 Å². The van der Waals surface area contributed by atoms with Crippen molar-refractivity contribution < 1.29 is 19.8 Å². The molecule has 5 nitrogen and oxygen atoms in total. The molecule has 1 heterocycles. The highest BCUT2D eigenvalue weighted by Gasteiger charge is 2.39. The zero-order valence-corrected chi connectivity index (χ0v) is 10.5. The van der Waals surface area contributed by atoms with Crippen molar-refractivity contribution in [1.29, 1.82) is 0 Å². The SMILES string of the molecule is O=C(O)C1CCN(CC2CCCC2)CC1C(=O)O. The molecule has 2 aliphatic rings. The summed E-state index contributed by atoms with van der Waals surface area (Å²) in [6.07, 6.45) is 5.48. The number of aliphatic carboxylic acids is 2. The smallest absolute Gasteiger partial charge is 0.308 e. The molecule has 0 amide bonds. The molecule has 2 unspecified atom stereocenters. The van der Waals surface area contributed by atoms with Gasteiger partial charge in [0, 0.05) is 13.1 Å². The van der Waals surface area contributed by atoms with Gasteiger partial charge in [0.05, 0.1) is 11.8 Å². The third-order valence-electron chi connectivity index (χ3n) is 4.32. The summed E-state index contributed by atoms with van der Waals surface area (Å²) in [6.45, 7) is 2.05. The van der Waals surface area contributed by atoms with Crippen molar-refractivity contribution in [1.82, 2.24) is 4.90 Å². The minimum Gasteiger partial charge on any atom is -0.481 e. The van der Waals surface area contributed by atoms with Gasteiger partial charge in [0.2, 0.25) is 0 Å². The van der Waals surface area contributed by atoms with Crippen molar-refractivity contribution in [2.75, 3.05) is 19.6 Å². The van der Waals surface area contributed by atoms with Crippen LogP contribution < -0.4 is 0 Å². The second-order valence-corrected chi connectivity index (χ2v) is 5.59. The summed E-state index contributed by atoms with van der Waals surface area (Å²) in [4.78, 5) is 24.3. The summed E-state index contributed by atoms with van der Waals surface area (Å²) < 4.78 is 0. The van der Waals surface area contributed by atoms with Crippen LogP contribution in [0.3, 0.4) is 0 Å². The van der Waals surface area contributed by atoms with Gasteiger partial charge in [0.1, 0.15) is 0 Å². The molecule has 2 rings (SSSR count). The first-order chi connectivity index (χ1) is 8.58. The molecule has 0 aromatic carbocycles. The zero-order chi connectivity index (χ0) is 13.1. The lowest BCUT2D eigenvalue weighted by Gasteiger charge is -2.35. The third-order valence-corrected chi connectivity index (χ3v) is 4.32. The second-order valence-electron chi connectivity index (χ2n) is 5.59. The highest BCUT2D eigenvalue weighted by molar-refractivity contribution is 5.80. The van der Waals surface area contributed by atoms with Gasteiger partial charge in [-0.05, 0) is 31.7 Å². The quantitative estimate of drug-likeness (QED) is 0.791. The Morgan fingerprint density at radius 1 is 1.00 bits per heavy atom. The number of likely N-dealkylation sites (tertiary alicyclic amines) is 1. The maximum absolute atomic E-state index is 11.2. The summed E-state index contributed by atoms with van der Waals surface area (Å²) in [7, 11) is 0. The number of hydrogen-bond donors (Lipinski definition) is 2. The summed E-state index contributed by atoms with van der Waals surface area (Å²) >= 11 is 0. The minimum absolute atomic E-state index is 0.392. The van der Waals surface area contributed by atoms with E-state index in [4.69, 9.17) is 10.2 Å². The van der Waals surface area contributed by atoms with Crippen molar-refractivity contribution in [2.45, 2.75) is 32.1 Å². The minimum atomic E-state index is -0.974. The molecule has 0 aromatic rings. The Bertz CT molecular complexity index is 325. The number of rotatable bonds is 4. The maximum Gasteiger partial charge on any atom is 0.308 e. The van der Waals surface area contributed by atoms with Crippen molar-refractivity contribution in [3.8, 4) is 0 Å². The van der Waals surface area contributed by atoms with Gasteiger partial charge in [-0.2, -0.15) is 0 Å². The van der Waals surface area contributed by atoms with Gasteiger partial charge >= 0.3 is 11.9 Å². The Kier molecular flexibility index (Phi) is 4.22. The molecule has 2 atom stereocenters. The number of hydrogen-bond acceptors (Lipinski definition) is 3. The number of carboxylic acid groups (broad SMARTS) is 2. The van der Waals surface area contributed by atoms with Crippen LogP contribution in [0.5, 0.6) is 0 Å². The van der Waals surface area contributed by atoms with E-state index in [0.29, 0.717) is 18.9 Å². The molecule has 1 saturated carbocycles. The van der Waals surface area contributed by atoms with Gasteiger partial charge in [-0.25, -0.2) is 0 Å². The van der Waals surface area contributed by atoms with E-state index in [1.807, 2.05) is 0 Å². The average molecular weight is 255 g/mol. The van der Waals surface area contributed by atoms with Crippen LogP contribution in [0, 0.1) is 17.8 Å². The number of carboxylic acids is 2. The molecule has 1 aliphatic heterocycles. The van der Waals surface area contributed by atoms with E-state index in [0.717, 1.165) is 13.1 Å². The third kappa shape index (κ3) is 3.02. The van der Waals surface area contributed by atoms with Gasteiger partial charge < -0.3 is 15.1 Å². The molecule has 1 saturated heterocycles. The van der Waals surface area contributed by atoms with Crippen LogP contribution in [-0.4, -0.2) is 46.7 Å². The van der Waals surface area contributed by atoms with E-state index in [-0.39, 0.29) is 0 Å². The number of nitrogens with zero attached hydrogens (tertiary/aromatic N) is 1. The van der Waals surface area contributed by atoms with Crippen molar-refractivity contribution in [3.63, 3.8) is 0 Å². The molecule has 0 aromatic heterocycles. The topological polar surface area (TPSA) is 77.8 Å². The molecule has 0 radical (unpaired) electrons. The lowest BCUT2D eigenvalue weighted by molar-refractivity contribution is -0.157. The standard InChI is InChI=1S/C13H21NO4/c15-12(16)10-5-6-14(8-11(10)13(17)18)7-9-3-1-2-4-9/h9-11H,1-8H2,(H,15,16)(H,17,18). The maximum atomic E-state index is 11.2. The van der Waals surface area contributed by atoms with Crippen molar-refractivity contribution >= 4 is 11.9 Å². The lowest BCUT2D eigenvalue weighted by atomic mass is 9.85. The van der Waals surface area contributed by atoms with E-state index in [9.17, 15) is 9.59 Å². The predicted molar refractivity (Wildman–Crippen MR) is 65.3 cm³/mol. The molecule has 0 spiro atoms. The van der Waals surface area contributed by atoms with Crippen LogP contribution in [-0.2, 0) is 9.59 Å². The summed E-state index contributed by atoms with van der Waals surface area (Å²) in [5.41, 5.74) is 0. The largest absolute Gasteiger partial charge is 0.481 e. The van der Waals surface area contributed by atoms with E-state index in [2.05, 4.69) is 4.90 Å². The molecular formula is C13H21NO4. The summed E-state index contributed by atoms with van der Waals surface area (Å²) in [5.74, 6) is -2.73. The highest BCUT2D eigenvalue weighted by atomic mass is 16.4. The highest BCUT2D eigenvalue weighted by Crippen LogP contribution is 2.29. The molecule has 2 N–H and O–H groups in total. The van der Waals surface area contributed by atoms with Crippen LogP contribution >= 0.6 is 0 Å². The summed E-state index contributed by atoms with van der Waals surface area (Å²) in [6, 6.07) is 0. The monoisotopic (exact) mass is 255 g/mol. The Balaban J connectivity index is 1.92. The van der Waals surface area contributed by atoms with Gasteiger partial charge in [0.25, 0.3) is 0 Å². The fraction of sp³-hybridized carbons (Fsp3) is 0.846. The Labute approximate surface area is 107 Å². The molecule has 2 fully saturated rings. The van der Waals surface area contributed by atoms with Crippen LogP contribution in [0.2, 0.25) is 0 Å². The van der Waals surface area contributed by atoms with Crippen LogP contribution in [0.4, 0.5) is 0 Å². The number of piperidine rings is 1. The van der Waals surface area contributed by atoms with Crippen LogP contribution in [0.25, 0.3) is 0 Å². The molecule has 102 valence electrons. The molecule has 5 heteroatoms. The Morgan fingerprint density at radius 2 is 1.61 bits per heavy atom. The molecule has 1 aliphatic carbocycles. The van der Waals surface area contributed by atoms with Gasteiger partial charge in [0.15, 0.2) is 0 Å². The normalized spacial score (nSPS) is 30.4. The first kappa shape index (κ1) is 13.3. The molecule has 18 heavy (non-hydrogen) atoms. The van der Waals surface area contributed by atoms with Crippen molar-refractivity contribution in [3.05, 3.63) is 0 Å².